The van der Waals surface area contributed by atoms with E-state index in [0.29, 0.717) is 18.8 Å². The Morgan fingerprint density at radius 1 is 1.09 bits per heavy atom. The summed E-state index contributed by atoms with van der Waals surface area (Å²) in [5, 5.41) is 5.04. The second kappa shape index (κ2) is 10.6. The minimum atomic E-state index is -3.85. The van der Waals surface area contributed by atoms with E-state index in [9.17, 15) is 18.0 Å². The van der Waals surface area contributed by atoms with Gasteiger partial charge in [0.1, 0.15) is 12.0 Å². The number of methoxy groups -OCH3 is 1. The van der Waals surface area contributed by atoms with E-state index < -0.39 is 28.1 Å². The number of ether oxygens (including phenoxy) is 2. The molecule has 2 N–H and O–H groups in total. The maximum absolute atomic E-state index is 13.1. The van der Waals surface area contributed by atoms with Crippen molar-refractivity contribution in [2.24, 2.45) is 0 Å². The van der Waals surface area contributed by atoms with Crippen LogP contribution in [0.1, 0.15) is 17.5 Å². The molecule has 1 fully saturated rings. The van der Waals surface area contributed by atoms with Crippen molar-refractivity contribution in [2.45, 2.75) is 31.0 Å². The van der Waals surface area contributed by atoms with E-state index in [2.05, 4.69) is 10.6 Å². The van der Waals surface area contributed by atoms with Crippen LogP contribution >= 0.6 is 0 Å². The molecule has 0 unspecified atom stereocenters. The number of hydrogen-bond acceptors (Lipinski definition) is 6. The van der Waals surface area contributed by atoms with E-state index in [0.717, 1.165) is 11.1 Å². The Hall–Kier alpha value is -2.95. The van der Waals surface area contributed by atoms with E-state index >= 15 is 0 Å². The first-order valence-corrected chi connectivity index (χ1v) is 11.6. The normalized spacial score (nSPS) is 16.9. The van der Waals surface area contributed by atoms with Crippen molar-refractivity contribution in [1.29, 1.82) is 0 Å². The van der Waals surface area contributed by atoms with Crippen LogP contribution in [-0.2, 0) is 30.9 Å². The minimum absolute atomic E-state index is 0.0936. The quantitative estimate of drug-likeness (QED) is 0.599. The first-order valence-electron chi connectivity index (χ1n) is 10.2. The molecule has 1 heterocycles. The lowest BCUT2D eigenvalue weighted by molar-refractivity contribution is -0.140. The molecule has 1 aliphatic heterocycles. The standard InChI is InChI=1S/C22H27N3O6S/c1-16-6-3-4-7-17(16)14-23-21(26)22(27)24-15-20-25(12-5-13-31-20)32(28,29)19-10-8-18(30-2)9-11-19/h3-4,6-11,20H,5,12-15H2,1-2H3,(H,23,26)(H,24,27)/t20-/m0/s1. The van der Waals surface area contributed by atoms with E-state index in [4.69, 9.17) is 9.47 Å². The molecule has 9 nitrogen and oxygen atoms in total. The van der Waals surface area contributed by atoms with Crippen molar-refractivity contribution in [3.8, 4) is 5.75 Å². The highest BCUT2D eigenvalue weighted by Crippen LogP contribution is 2.23. The number of sulfonamides is 1. The van der Waals surface area contributed by atoms with Crippen molar-refractivity contribution in [3.63, 3.8) is 0 Å². The van der Waals surface area contributed by atoms with Crippen LogP contribution in [0.4, 0.5) is 0 Å². The topological polar surface area (TPSA) is 114 Å². The zero-order chi connectivity index (χ0) is 23.1. The first-order chi connectivity index (χ1) is 15.3. The van der Waals surface area contributed by atoms with Crippen molar-refractivity contribution in [2.75, 3.05) is 26.8 Å². The molecule has 0 aliphatic carbocycles. The van der Waals surface area contributed by atoms with Gasteiger partial charge in [-0.05, 0) is 48.7 Å². The van der Waals surface area contributed by atoms with Crippen LogP contribution < -0.4 is 15.4 Å². The van der Waals surface area contributed by atoms with Crippen LogP contribution in [0.2, 0.25) is 0 Å². The summed E-state index contributed by atoms with van der Waals surface area (Å²) >= 11 is 0. The molecule has 0 saturated carbocycles. The maximum atomic E-state index is 13.1. The monoisotopic (exact) mass is 461 g/mol. The summed E-state index contributed by atoms with van der Waals surface area (Å²) in [5.41, 5.74) is 1.91. The van der Waals surface area contributed by atoms with Gasteiger partial charge in [0.05, 0.1) is 25.2 Å². The van der Waals surface area contributed by atoms with Crippen LogP contribution in [0.3, 0.4) is 0 Å². The average Bonchev–Trinajstić information content (AvgIpc) is 2.82. The highest BCUT2D eigenvalue weighted by atomic mass is 32.2. The Balaban J connectivity index is 1.60. The van der Waals surface area contributed by atoms with Gasteiger partial charge in [-0.3, -0.25) is 9.59 Å². The second-order valence-electron chi connectivity index (χ2n) is 7.29. The Kier molecular flexibility index (Phi) is 7.84. The largest absolute Gasteiger partial charge is 0.497 e. The zero-order valence-corrected chi connectivity index (χ0v) is 18.9. The van der Waals surface area contributed by atoms with Gasteiger partial charge in [0.2, 0.25) is 10.0 Å². The highest BCUT2D eigenvalue weighted by molar-refractivity contribution is 7.89. The number of carbonyl (C=O) groups excluding carboxylic acids is 2. The fraction of sp³-hybridized carbons (Fsp3) is 0.364. The molecule has 1 saturated heterocycles. The SMILES string of the molecule is COc1ccc(S(=O)(=O)N2CCCO[C@H]2CNC(=O)C(=O)NCc2ccccc2C)cc1. The third-order valence-electron chi connectivity index (χ3n) is 5.16. The first kappa shape index (κ1) is 23.7. The Morgan fingerprint density at radius 2 is 1.78 bits per heavy atom. The minimum Gasteiger partial charge on any atom is -0.497 e. The number of hydrogen-bond donors (Lipinski definition) is 2. The molecule has 10 heteroatoms. The van der Waals surface area contributed by atoms with Gasteiger partial charge in [-0.2, -0.15) is 4.31 Å². The van der Waals surface area contributed by atoms with Crippen molar-refractivity contribution < 1.29 is 27.5 Å². The highest BCUT2D eigenvalue weighted by Gasteiger charge is 2.35. The summed E-state index contributed by atoms with van der Waals surface area (Å²) < 4.78 is 38.0. The fourth-order valence-electron chi connectivity index (χ4n) is 3.31. The van der Waals surface area contributed by atoms with Gasteiger partial charge in [0.15, 0.2) is 0 Å². The predicted molar refractivity (Wildman–Crippen MR) is 117 cm³/mol. The summed E-state index contributed by atoms with van der Waals surface area (Å²) in [7, 11) is -2.36. The van der Waals surface area contributed by atoms with Crippen molar-refractivity contribution in [3.05, 3.63) is 59.7 Å². The summed E-state index contributed by atoms with van der Waals surface area (Å²) in [6.45, 7) is 2.59. The van der Waals surface area contributed by atoms with Gasteiger partial charge in [-0.25, -0.2) is 8.42 Å². The molecular formula is C22H27N3O6S. The summed E-state index contributed by atoms with van der Waals surface area (Å²) in [4.78, 5) is 24.5. The van der Waals surface area contributed by atoms with Crippen LogP contribution in [0.25, 0.3) is 0 Å². The van der Waals surface area contributed by atoms with Gasteiger partial charge in [0, 0.05) is 13.1 Å². The average molecular weight is 462 g/mol. The molecule has 1 aliphatic rings. The van der Waals surface area contributed by atoms with Gasteiger partial charge >= 0.3 is 11.8 Å². The number of rotatable bonds is 7. The molecule has 0 aromatic heterocycles. The molecule has 0 bridgehead atoms. The predicted octanol–water partition coefficient (Wildman–Crippen LogP) is 1.17. The van der Waals surface area contributed by atoms with Crippen LogP contribution in [-0.4, -0.2) is 57.6 Å². The van der Waals surface area contributed by atoms with Gasteiger partial charge in [-0.1, -0.05) is 24.3 Å². The maximum Gasteiger partial charge on any atom is 0.309 e. The molecule has 172 valence electrons. The number of amides is 2. The van der Waals surface area contributed by atoms with E-state index in [1.807, 2.05) is 31.2 Å². The number of benzene rings is 2. The lowest BCUT2D eigenvalue weighted by atomic mass is 10.1. The summed E-state index contributed by atoms with van der Waals surface area (Å²) in [6.07, 6.45) is -0.388. The molecule has 2 aromatic rings. The Bertz CT molecular complexity index is 1060. The smallest absolute Gasteiger partial charge is 0.309 e. The summed E-state index contributed by atoms with van der Waals surface area (Å²) in [5.74, 6) is -1.11. The van der Waals surface area contributed by atoms with Crippen LogP contribution in [0.15, 0.2) is 53.4 Å². The van der Waals surface area contributed by atoms with E-state index in [-0.39, 0.29) is 24.5 Å². The molecular weight excluding hydrogens is 434 g/mol. The number of nitrogens with zero attached hydrogens (tertiary/aromatic N) is 1. The number of aryl methyl sites for hydroxylation is 1. The van der Waals surface area contributed by atoms with Crippen molar-refractivity contribution >= 4 is 21.8 Å². The fourth-order valence-corrected chi connectivity index (χ4v) is 4.88. The lowest BCUT2D eigenvalue weighted by Crippen LogP contribution is -2.53. The van der Waals surface area contributed by atoms with Crippen LogP contribution in [0, 0.1) is 6.92 Å². The molecule has 2 aromatic carbocycles. The number of carbonyl (C=O) groups is 2. The molecule has 3 rings (SSSR count). The van der Waals surface area contributed by atoms with Gasteiger partial charge in [0.25, 0.3) is 0 Å². The molecule has 2 amide bonds. The molecule has 1 atom stereocenters. The summed E-state index contributed by atoms with van der Waals surface area (Å²) in [6, 6.07) is 13.6. The molecule has 0 radical (unpaired) electrons. The third kappa shape index (κ3) is 5.64. The van der Waals surface area contributed by atoms with Gasteiger partial charge < -0.3 is 20.1 Å². The van der Waals surface area contributed by atoms with E-state index in [1.54, 1.807) is 12.1 Å². The van der Waals surface area contributed by atoms with Crippen LogP contribution in [0.5, 0.6) is 5.75 Å². The Morgan fingerprint density at radius 3 is 2.47 bits per heavy atom. The van der Waals surface area contributed by atoms with Crippen molar-refractivity contribution in [1.82, 2.24) is 14.9 Å². The lowest BCUT2D eigenvalue weighted by Gasteiger charge is -2.34. The molecule has 0 spiro atoms. The zero-order valence-electron chi connectivity index (χ0n) is 18.0. The van der Waals surface area contributed by atoms with E-state index in [1.165, 1.54) is 23.5 Å². The number of nitrogens with one attached hydrogen (secondary N) is 2. The molecule has 32 heavy (non-hydrogen) atoms. The second-order valence-corrected chi connectivity index (χ2v) is 9.18. The Labute approximate surface area is 187 Å². The third-order valence-corrected chi connectivity index (χ3v) is 7.07. The van der Waals surface area contributed by atoms with Gasteiger partial charge in [-0.15, -0.1) is 0 Å².